The van der Waals surface area contributed by atoms with E-state index in [-0.39, 0.29) is 0 Å². The Morgan fingerprint density at radius 1 is 1.38 bits per heavy atom. The van der Waals surface area contributed by atoms with Crippen molar-refractivity contribution in [2.45, 2.75) is 25.0 Å². The molecule has 1 aliphatic carbocycles. The van der Waals surface area contributed by atoms with E-state index in [1.54, 1.807) is 30.5 Å². The van der Waals surface area contributed by atoms with E-state index in [0.717, 1.165) is 5.69 Å². The Morgan fingerprint density at radius 2 is 2.19 bits per heavy atom. The van der Waals surface area contributed by atoms with Gasteiger partial charge in [-0.25, -0.2) is 9.67 Å². The van der Waals surface area contributed by atoms with E-state index in [0.29, 0.717) is 11.7 Å². The van der Waals surface area contributed by atoms with Gasteiger partial charge in [0.1, 0.15) is 6.10 Å². The molecule has 1 aliphatic rings. The standard InChI is InChI=1S/C10H13N5O/c1-14-8(5-12-13-14)10(16)9-4-11-6-15(9)7-2-3-7/h4-7,10,16H,2-3H2,1H3. The van der Waals surface area contributed by atoms with E-state index in [9.17, 15) is 5.11 Å². The Morgan fingerprint density at radius 3 is 2.81 bits per heavy atom. The maximum atomic E-state index is 10.2. The van der Waals surface area contributed by atoms with Gasteiger partial charge in [-0.2, -0.15) is 0 Å². The zero-order chi connectivity index (χ0) is 11.1. The lowest BCUT2D eigenvalue weighted by Gasteiger charge is -2.12. The fraction of sp³-hybridized carbons (Fsp3) is 0.500. The van der Waals surface area contributed by atoms with E-state index >= 15 is 0 Å². The summed E-state index contributed by atoms with van der Waals surface area (Å²) in [7, 11) is 1.77. The molecular formula is C10H13N5O. The van der Waals surface area contributed by atoms with Crippen LogP contribution in [0.1, 0.15) is 36.4 Å². The number of aryl methyl sites for hydroxylation is 1. The lowest BCUT2D eigenvalue weighted by molar-refractivity contribution is 0.199. The van der Waals surface area contributed by atoms with Gasteiger partial charge in [0.05, 0.1) is 30.1 Å². The van der Waals surface area contributed by atoms with Crippen LogP contribution >= 0.6 is 0 Å². The molecule has 84 valence electrons. The molecule has 1 atom stereocenters. The number of hydrogen-bond donors (Lipinski definition) is 1. The van der Waals surface area contributed by atoms with Crippen LogP contribution in [0.5, 0.6) is 0 Å². The second kappa shape index (κ2) is 3.41. The van der Waals surface area contributed by atoms with E-state index in [2.05, 4.69) is 15.3 Å². The Kier molecular flexibility index (Phi) is 2.03. The van der Waals surface area contributed by atoms with Crippen LogP contribution in [-0.4, -0.2) is 29.7 Å². The summed E-state index contributed by atoms with van der Waals surface area (Å²) < 4.78 is 3.62. The van der Waals surface area contributed by atoms with Crippen LogP contribution < -0.4 is 0 Å². The Balaban J connectivity index is 1.97. The van der Waals surface area contributed by atoms with Gasteiger partial charge in [-0.15, -0.1) is 5.10 Å². The number of imidazole rings is 1. The minimum absolute atomic E-state index is 0.508. The van der Waals surface area contributed by atoms with Gasteiger partial charge in [-0.05, 0) is 12.8 Å². The molecule has 0 bridgehead atoms. The summed E-state index contributed by atoms with van der Waals surface area (Å²) in [6, 6.07) is 0.508. The summed E-state index contributed by atoms with van der Waals surface area (Å²) in [5, 5.41) is 17.8. The van der Waals surface area contributed by atoms with Crippen molar-refractivity contribution in [2.75, 3.05) is 0 Å². The summed E-state index contributed by atoms with van der Waals surface area (Å²) in [6.07, 6.45) is 6.69. The third-order valence-electron chi connectivity index (χ3n) is 2.95. The maximum absolute atomic E-state index is 10.2. The van der Waals surface area contributed by atoms with Crippen molar-refractivity contribution in [3.05, 3.63) is 30.1 Å². The lowest BCUT2D eigenvalue weighted by Crippen LogP contribution is -2.11. The number of rotatable bonds is 3. The third-order valence-corrected chi connectivity index (χ3v) is 2.95. The summed E-state index contributed by atoms with van der Waals surface area (Å²) in [5.41, 5.74) is 1.50. The molecule has 3 rings (SSSR count). The van der Waals surface area contributed by atoms with Crippen LogP contribution in [0.25, 0.3) is 0 Å². The van der Waals surface area contributed by atoms with E-state index in [1.165, 1.54) is 12.8 Å². The minimum Gasteiger partial charge on any atom is -0.380 e. The highest BCUT2D eigenvalue weighted by Gasteiger charge is 2.28. The van der Waals surface area contributed by atoms with Gasteiger partial charge in [0.25, 0.3) is 0 Å². The fourth-order valence-electron chi connectivity index (χ4n) is 1.88. The molecule has 0 radical (unpaired) electrons. The molecule has 0 spiro atoms. The molecule has 6 heteroatoms. The van der Waals surface area contributed by atoms with Crippen molar-refractivity contribution in [1.82, 2.24) is 24.5 Å². The lowest BCUT2D eigenvalue weighted by atomic mass is 10.2. The first-order chi connectivity index (χ1) is 7.77. The molecular weight excluding hydrogens is 206 g/mol. The topological polar surface area (TPSA) is 68.8 Å². The number of aliphatic hydroxyl groups excluding tert-OH is 1. The average Bonchev–Trinajstić information content (AvgIpc) is 2.85. The largest absolute Gasteiger partial charge is 0.380 e. The van der Waals surface area contributed by atoms with Crippen LogP contribution in [0.2, 0.25) is 0 Å². The van der Waals surface area contributed by atoms with Gasteiger partial charge in [0.15, 0.2) is 0 Å². The predicted molar refractivity (Wildman–Crippen MR) is 55.6 cm³/mol. The van der Waals surface area contributed by atoms with Crippen LogP contribution in [0, 0.1) is 0 Å². The zero-order valence-electron chi connectivity index (χ0n) is 8.98. The molecule has 0 aromatic carbocycles. The summed E-state index contributed by atoms with van der Waals surface area (Å²) >= 11 is 0. The Hall–Kier alpha value is -1.69. The molecule has 0 aliphatic heterocycles. The van der Waals surface area contributed by atoms with Gasteiger partial charge in [-0.3, -0.25) is 0 Å². The first-order valence-corrected chi connectivity index (χ1v) is 5.31. The molecule has 16 heavy (non-hydrogen) atoms. The predicted octanol–water partition coefficient (Wildman–Crippen LogP) is 0.428. The van der Waals surface area contributed by atoms with Crippen LogP contribution in [0.4, 0.5) is 0 Å². The van der Waals surface area contributed by atoms with Crippen LogP contribution in [-0.2, 0) is 7.05 Å². The molecule has 1 unspecified atom stereocenters. The van der Waals surface area contributed by atoms with Gasteiger partial charge >= 0.3 is 0 Å². The second-order valence-corrected chi connectivity index (χ2v) is 4.14. The highest BCUT2D eigenvalue weighted by atomic mass is 16.3. The molecule has 2 aromatic rings. The van der Waals surface area contributed by atoms with Gasteiger partial charge in [0, 0.05) is 13.1 Å². The van der Waals surface area contributed by atoms with Crippen molar-refractivity contribution in [2.24, 2.45) is 7.05 Å². The van der Waals surface area contributed by atoms with E-state index in [4.69, 9.17) is 0 Å². The van der Waals surface area contributed by atoms with E-state index in [1.807, 2.05) is 4.57 Å². The van der Waals surface area contributed by atoms with Crippen molar-refractivity contribution < 1.29 is 5.11 Å². The fourth-order valence-corrected chi connectivity index (χ4v) is 1.88. The SMILES string of the molecule is Cn1nncc1C(O)c1cncn1C1CC1. The first kappa shape index (κ1) is 9.53. The number of nitrogens with zero attached hydrogens (tertiary/aromatic N) is 5. The van der Waals surface area contributed by atoms with Gasteiger partial charge in [-0.1, -0.05) is 5.21 Å². The minimum atomic E-state index is -0.705. The van der Waals surface area contributed by atoms with Crippen molar-refractivity contribution in [1.29, 1.82) is 0 Å². The molecule has 1 saturated carbocycles. The summed E-state index contributed by atoms with van der Waals surface area (Å²) in [4.78, 5) is 4.10. The molecule has 1 fully saturated rings. The number of hydrogen-bond acceptors (Lipinski definition) is 4. The van der Waals surface area contributed by atoms with Crippen molar-refractivity contribution in [3.8, 4) is 0 Å². The Bertz CT molecular complexity index is 499. The molecule has 1 N–H and O–H groups in total. The zero-order valence-corrected chi connectivity index (χ0v) is 8.98. The molecule has 2 aromatic heterocycles. The highest BCUT2D eigenvalue weighted by Crippen LogP contribution is 2.37. The van der Waals surface area contributed by atoms with E-state index < -0.39 is 6.10 Å². The smallest absolute Gasteiger partial charge is 0.139 e. The van der Waals surface area contributed by atoms with Crippen molar-refractivity contribution in [3.63, 3.8) is 0 Å². The Labute approximate surface area is 92.5 Å². The second-order valence-electron chi connectivity index (χ2n) is 4.14. The first-order valence-electron chi connectivity index (χ1n) is 5.31. The quantitative estimate of drug-likeness (QED) is 0.812. The third kappa shape index (κ3) is 1.42. The normalized spacial score (nSPS) is 17.6. The summed E-state index contributed by atoms with van der Waals surface area (Å²) in [5.74, 6) is 0. The molecule has 0 amide bonds. The highest BCUT2D eigenvalue weighted by molar-refractivity contribution is 5.17. The number of aliphatic hydroxyl groups is 1. The molecule has 6 nitrogen and oxygen atoms in total. The molecule has 0 saturated heterocycles. The average molecular weight is 219 g/mol. The van der Waals surface area contributed by atoms with Crippen LogP contribution in [0.15, 0.2) is 18.7 Å². The maximum Gasteiger partial charge on any atom is 0.139 e. The van der Waals surface area contributed by atoms with Crippen LogP contribution in [0.3, 0.4) is 0 Å². The van der Waals surface area contributed by atoms with Gasteiger partial charge < -0.3 is 9.67 Å². The van der Waals surface area contributed by atoms with Gasteiger partial charge in [0.2, 0.25) is 0 Å². The number of aromatic nitrogens is 5. The molecule has 2 heterocycles. The monoisotopic (exact) mass is 219 g/mol. The van der Waals surface area contributed by atoms with Crippen molar-refractivity contribution >= 4 is 0 Å². The summed E-state index contributed by atoms with van der Waals surface area (Å²) in [6.45, 7) is 0.